The molecule has 0 radical (unpaired) electrons. The van der Waals surface area contributed by atoms with Crippen LogP contribution in [0.5, 0.6) is 0 Å². The molecule has 7 heteroatoms. The van der Waals surface area contributed by atoms with Crippen LogP contribution in [-0.2, 0) is 19.6 Å². The minimum Gasteiger partial charge on any atom is -0.448 e. The maximum Gasteiger partial charge on any atom is 0.331 e. The molecular weight excluding hydrogens is 400 g/mol. The van der Waals surface area contributed by atoms with Gasteiger partial charge in [0, 0.05) is 11.6 Å². The number of benzene rings is 3. The summed E-state index contributed by atoms with van der Waals surface area (Å²) >= 11 is 0. The smallest absolute Gasteiger partial charge is 0.331 e. The molecule has 1 unspecified atom stereocenters. The number of carbonyl (C=O) groups is 1. The number of ether oxygens (including phenoxy) is 1. The van der Waals surface area contributed by atoms with E-state index in [1.54, 1.807) is 66.7 Å². The molecule has 0 fully saturated rings. The normalized spacial score (nSPS) is 12.6. The van der Waals surface area contributed by atoms with Gasteiger partial charge in [-0.15, -0.1) is 0 Å². The molecule has 0 heterocycles. The van der Waals surface area contributed by atoms with E-state index >= 15 is 0 Å². The van der Waals surface area contributed by atoms with Gasteiger partial charge in [0.1, 0.15) is 5.71 Å². The second-order valence-electron chi connectivity index (χ2n) is 6.20. The van der Waals surface area contributed by atoms with Gasteiger partial charge in [0.25, 0.3) is 10.0 Å². The zero-order chi connectivity index (χ0) is 21.4. The van der Waals surface area contributed by atoms with E-state index in [1.807, 2.05) is 12.1 Å². The lowest BCUT2D eigenvalue weighted by Crippen LogP contribution is -2.26. The second kappa shape index (κ2) is 9.67. The van der Waals surface area contributed by atoms with E-state index in [0.29, 0.717) is 11.1 Å². The molecule has 0 aliphatic carbocycles. The Kier molecular flexibility index (Phi) is 6.77. The largest absolute Gasteiger partial charge is 0.448 e. The summed E-state index contributed by atoms with van der Waals surface area (Å²) in [6.45, 7) is 3.44. The first-order valence-electron chi connectivity index (χ1n) is 9.09. The van der Waals surface area contributed by atoms with Crippen molar-refractivity contribution in [1.82, 2.24) is 4.83 Å². The Balaban J connectivity index is 2.07. The molecule has 1 N–H and O–H groups in total. The first kappa shape index (κ1) is 21.0. The van der Waals surface area contributed by atoms with Gasteiger partial charge in [-0.05, 0) is 17.7 Å². The number of sulfonamides is 1. The fraction of sp³-hybridized carbons (Fsp3) is 0.0435. The highest BCUT2D eigenvalue weighted by Crippen LogP contribution is 2.24. The van der Waals surface area contributed by atoms with Gasteiger partial charge >= 0.3 is 5.97 Å². The zero-order valence-electron chi connectivity index (χ0n) is 16.0. The Bertz CT molecular complexity index is 1130. The number of esters is 1. The third-order valence-corrected chi connectivity index (χ3v) is 5.39. The van der Waals surface area contributed by atoms with Crippen LogP contribution in [0.25, 0.3) is 0 Å². The Labute approximate surface area is 175 Å². The Morgan fingerprint density at radius 1 is 0.900 bits per heavy atom. The van der Waals surface area contributed by atoms with E-state index in [-0.39, 0.29) is 10.6 Å². The van der Waals surface area contributed by atoms with E-state index in [9.17, 15) is 13.2 Å². The molecule has 0 amide bonds. The molecule has 1 atom stereocenters. The van der Waals surface area contributed by atoms with Crippen LogP contribution in [0.1, 0.15) is 17.2 Å². The average Bonchev–Trinajstić information content (AvgIpc) is 2.80. The van der Waals surface area contributed by atoms with Gasteiger partial charge in [-0.2, -0.15) is 18.4 Å². The van der Waals surface area contributed by atoms with E-state index in [4.69, 9.17) is 4.74 Å². The highest BCUT2D eigenvalue weighted by atomic mass is 32.2. The lowest BCUT2D eigenvalue weighted by atomic mass is 9.99. The molecular formula is C23H20N2O4S. The number of nitrogens with one attached hydrogen (secondary N) is 1. The van der Waals surface area contributed by atoms with Crippen molar-refractivity contribution < 1.29 is 17.9 Å². The molecule has 3 rings (SSSR count). The topological polar surface area (TPSA) is 84.8 Å². The van der Waals surface area contributed by atoms with E-state index in [1.165, 1.54) is 12.1 Å². The summed E-state index contributed by atoms with van der Waals surface area (Å²) in [7, 11) is -3.91. The van der Waals surface area contributed by atoms with Crippen LogP contribution in [-0.4, -0.2) is 20.1 Å². The number of carbonyl (C=O) groups excluding carboxylic acids is 1. The monoisotopic (exact) mass is 420 g/mol. The van der Waals surface area contributed by atoms with Gasteiger partial charge < -0.3 is 4.74 Å². The summed E-state index contributed by atoms with van der Waals surface area (Å²) in [6.07, 6.45) is 0.102. The molecule has 0 aromatic heterocycles. The van der Waals surface area contributed by atoms with E-state index in [2.05, 4.69) is 16.5 Å². The van der Waals surface area contributed by atoms with Crippen LogP contribution in [0.3, 0.4) is 0 Å². The van der Waals surface area contributed by atoms with Gasteiger partial charge in [-0.25, -0.2) is 4.79 Å². The van der Waals surface area contributed by atoms with Crippen LogP contribution in [0.2, 0.25) is 0 Å². The number of hydrazone groups is 1. The summed E-state index contributed by atoms with van der Waals surface area (Å²) in [5, 5.41) is 4.17. The summed E-state index contributed by atoms with van der Waals surface area (Å²) in [6, 6.07) is 25.7. The van der Waals surface area contributed by atoms with Crippen molar-refractivity contribution in [1.29, 1.82) is 0 Å². The second-order valence-corrected chi connectivity index (χ2v) is 7.86. The summed E-state index contributed by atoms with van der Waals surface area (Å²) in [4.78, 5) is 14.3. The number of hydrogen-bond acceptors (Lipinski definition) is 5. The van der Waals surface area contributed by atoms with Gasteiger partial charge in [-0.1, -0.05) is 85.4 Å². The van der Waals surface area contributed by atoms with Crippen molar-refractivity contribution in [2.75, 3.05) is 0 Å². The first-order chi connectivity index (χ1) is 14.5. The average molecular weight is 420 g/mol. The molecule has 0 saturated heterocycles. The number of nitrogens with zero attached hydrogens (tertiary/aromatic N) is 1. The molecule has 30 heavy (non-hydrogen) atoms. The molecule has 0 aliphatic rings. The quantitative estimate of drug-likeness (QED) is 0.260. The van der Waals surface area contributed by atoms with Gasteiger partial charge in [-0.3, -0.25) is 0 Å². The number of hydrogen-bond donors (Lipinski definition) is 1. The van der Waals surface area contributed by atoms with Crippen molar-refractivity contribution in [2.45, 2.75) is 11.0 Å². The fourth-order valence-electron chi connectivity index (χ4n) is 2.72. The van der Waals surface area contributed by atoms with Crippen molar-refractivity contribution >= 4 is 21.7 Å². The molecule has 152 valence electrons. The van der Waals surface area contributed by atoms with Crippen LogP contribution < -0.4 is 4.83 Å². The van der Waals surface area contributed by atoms with Crippen molar-refractivity contribution in [2.24, 2.45) is 5.10 Å². The summed E-state index contributed by atoms with van der Waals surface area (Å²) in [5.74, 6) is -0.654. The highest BCUT2D eigenvalue weighted by molar-refractivity contribution is 7.89. The third kappa shape index (κ3) is 5.21. The number of rotatable bonds is 8. The van der Waals surface area contributed by atoms with Crippen LogP contribution in [0.15, 0.2) is 114 Å². The first-order valence-corrected chi connectivity index (χ1v) is 10.6. The zero-order valence-corrected chi connectivity index (χ0v) is 16.8. The lowest BCUT2D eigenvalue weighted by Gasteiger charge is -2.20. The molecule has 0 bridgehead atoms. The third-order valence-electron chi connectivity index (χ3n) is 4.16. The summed E-state index contributed by atoms with van der Waals surface area (Å²) < 4.78 is 30.9. The molecule has 6 nitrogen and oxygen atoms in total. The highest BCUT2D eigenvalue weighted by Gasteiger charge is 2.25. The Morgan fingerprint density at radius 3 is 2.00 bits per heavy atom. The molecule has 3 aromatic carbocycles. The van der Waals surface area contributed by atoms with Crippen LogP contribution >= 0.6 is 0 Å². The predicted molar refractivity (Wildman–Crippen MR) is 115 cm³/mol. The van der Waals surface area contributed by atoms with Crippen molar-refractivity contribution in [3.05, 3.63) is 115 Å². The SMILES string of the molecule is C=CC(=O)OC(/C(=N/NS(=O)(=O)c1ccccc1)c1ccccc1)c1ccccc1. The van der Waals surface area contributed by atoms with Crippen LogP contribution in [0, 0.1) is 0 Å². The minimum atomic E-state index is -3.91. The molecule has 0 spiro atoms. The Morgan fingerprint density at radius 2 is 1.43 bits per heavy atom. The summed E-state index contributed by atoms with van der Waals surface area (Å²) in [5.41, 5.74) is 1.46. The Hall–Kier alpha value is -3.71. The van der Waals surface area contributed by atoms with Gasteiger partial charge in [0.05, 0.1) is 4.90 Å². The van der Waals surface area contributed by atoms with Crippen molar-refractivity contribution in [3.63, 3.8) is 0 Å². The van der Waals surface area contributed by atoms with E-state index < -0.39 is 22.1 Å². The van der Waals surface area contributed by atoms with Crippen LogP contribution in [0.4, 0.5) is 0 Å². The fourth-order valence-corrected chi connectivity index (χ4v) is 3.56. The predicted octanol–water partition coefficient (Wildman–Crippen LogP) is 3.84. The standard InChI is InChI=1S/C23H20N2O4S/c1-2-21(26)29-23(19-14-8-4-9-15-19)22(18-12-6-3-7-13-18)24-25-30(27,28)20-16-10-5-11-17-20/h2-17,23,25H,1H2/b24-22+. The molecule has 0 saturated carbocycles. The van der Waals surface area contributed by atoms with E-state index in [0.717, 1.165) is 6.08 Å². The van der Waals surface area contributed by atoms with Crippen molar-refractivity contribution in [3.8, 4) is 0 Å². The lowest BCUT2D eigenvalue weighted by molar-refractivity contribution is -0.140. The van der Waals surface area contributed by atoms with Gasteiger partial charge in [0.15, 0.2) is 6.10 Å². The van der Waals surface area contributed by atoms with Gasteiger partial charge in [0.2, 0.25) is 0 Å². The maximum atomic E-state index is 12.7. The minimum absolute atomic E-state index is 0.0699. The maximum absolute atomic E-state index is 12.7. The molecule has 0 aliphatic heterocycles. The molecule has 3 aromatic rings.